The maximum atomic E-state index is 12.5. The van der Waals surface area contributed by atoms with Gasteiger partial charge in [0.25, 0.3) is 11.8 Å². The minimum atomic E-state index is -1.26. The molecule has 4 rings (SSSR count). The van der Waals surface area contributed by atoms with Crippen LogP contribution in [-0.2, 0) is 9.59 Å². The third kappa shape index (κ3) is 2.43. The SMILES string of the molecule is Cc1ccc2c(NC(=O)[C@H](C)O)c(O)c3c(c2n1)C=C[C@@]1(C)C=CC(=O)N31. The molecule has 7 nitrogen and oxygen atoms in total. The van der Waals surface area contributed by atoms with Crippen molar-refractivity contribution < 1.29 is 19.8 Å². The molecule has 27 heavy (non-hydrogen) atoms. The van der Waals surface area contributed by atoms with Crippen molar-refractivity contribution in [2.45, 2.75) is 32.4 Å². The standard InChI is InChI=1S/C20H19N3O4/c1-10-4-5-12-15(21-10)13-6-8-20(3)9-7-14(25)23(20)17(13)18(26)16(12)22-19(27)11(2)24/h4-9,11,24,26H,1-3H3,(H,22,27)/t11-,20-/m0/s1. The van der Waals surface area contributed by atoms with Gasteiger partial charge in [-0.3, -0.25) is 19.5 Å². The molecule has 0 fully saturated rings. The largest absolute Gasteiger partial charge is 0.504 e. The topological polar surface area (TPSA) is 103 Å². The number of aliphatic hydroxyl groups is 1. The highest BCUT2D eigenvalue weighted by atomic mass is 16.3. The molecule has 2 aromatic rings. The number of fused-ring (bicyclic) bond motifs is 5. The van der Waals surface area contributed by atoms with Crippen LogP contribution in [0, 0.1) is 6.92 Å². The molecule has 0 radical (unpaired) electrons. The average Bonchev–Trinajstić information content (AvgIpc) is 2.93. The lowest BCUT2D eigenvalue weighted by Gasteiger charge is -2.37. The van der Waals surface area contributed by atoms with Gasteiger partial charge in [-0.1, -0.05) is 12.2 Å². The Balaban J connectivity index is 2.06. The zero-order valence-electron chi connectivity index (χ0n) is 15.1. The summed E-state index contributed by atoms with van der Waals surface area (Å²) in [5, 5.41) is 23.7. The number of carbonyl (C=O) groups excluding carboxylic acids is 2. The molecule has 2 aliphatic rings. The Hall–Kier alpha value is -3.19. The highest BCUT2D eigenvalue weighted by molar-refractivity contribution is 6.17. The number of carbonyl (C=O) groups is 2. The molecule has 0 aliphatic carbocycles. The lowest BCUT2D eigenvalue weighted by molar-refractivity contribution is -0.123. The highest BCUT2D eigenvalue weighted by Crippen LogP contribution is 2.50. The number of benzene rings is 1. The monoisotopic (exact) mass is 365 g/mol. The first-order valence-electron chi connectivity index (χ1n) is 8.61. The van der Waals surface area contributed by atoms with E-state index in [0.717, 1.165) is 5.69 Å². The van der Waals surface area contributed by atoms with Gasteiger partial charge in [0.1, 0.15) is 6.10 Å². The summed E-state index contributed by atoms with van der Waals surface area (Å²) in [5.41, 5.74) is 1.64. The van der Waals surface area contributed by atoms with Crippen LogP contribution in [-0.4, -0.2) is 38.7 Å². The Morgan fingerprint density at radius 2 is 2.00 bits per heavy atom. The summed E-state index contributed by atoms with van der Waals surface area (Å²) in [6.07, 6.45) is 5.68. The summed E-state index contributed by atoms with van der Waals surface area (Å²) in [4.78, 5) is 30.7. The second-order valence-electron chi connectivity index (χ2n) is 7.07. The lowest BCUT2D eigenvalue weighted by atomic mass is 9.91. The van der Waals surface area contributed by atoms with Crippen molar-refractivity contribution in [2.24, 2.45) is 0 Å². The van der Waals surface area contributed by atoms with E-state index in [0.29, 0.717) is 22.2 Å². The Labute approximate surface area is 155 Å². The van der Waals surface area contributed by atoms with Crippen molar-refractivity contribution in [1.82, 2.24) is 4.98 Å². The summed E-state index contributed by atoms with van der Waals surface area (Å²) in [6, 6.07) is 3.52. The van der Waals surface area contributed by atoms with E-state index in [1.807, 2.05) is 26.0 Å². The first kappa shape index (κ1) is 17.2. The van der Waals surface area contributed by atoms with E-state index in [1.165, 1.54) is 17.9 Å². The Kier molecular flexibility index (Phi) is 3.61. The summed E-state index contributed by atoms with van der Waals surface area (Å²) in [5.74, 6) is -1.16. The quantitative estimate of drug-likeness (QED) is 0.709. The molecule has 138 valence electrons. The summed E-state index contributed by atoms with van der Waals surface area (Å²) < 4.78 is 0. The molecule has 2 atom stereocenters. The molecular weight excluding hydrogens is 346 g/mol. The molecule has 2 aliphatic heterocycles. The van der Waals surface area contributed by atoms with Gasteiger partial charge in [0.2, 0.25) is 0 Å². The van der Waals surface area contributed by atoms with Gasteiger partial charge >= 0.3 is 0 Å². The molecule has 2 amide bonds. The number of hydrogen-bond donors (Lipinski definition) is 3. The Morgan fingerprint density at radius 3 is 2.70 bits per heavy atom. The number of aryl methyl sites for hydroxylation is 1. The van der Waals surface area contributed by atoms with Gasteiger partial charge in [-0.05, 0) is 39.0 Å². The third-order valence-electron chi connectivity index (χ3n) is 4.98. The molecule has 0 spiro atoms. The predicted molar refractivity (Wildman–Crippen MR) is 103 cm³/mol. The molecule has 0 saturated carbocycles. The van der Waals surface area contributed by atoms with Crippen molar-refractivity contribution in [3.63, 3.8) is 0 Å². The average molecular weight is 365 g/mol. The van der Waals surface area contributed by atoms with Gasteiger partial charge in [0, 0.05) is 22.7 Å². The fraction of sp³-hybridized carbons (Fsp3) is 0.250. The number of pyridine rings is 1. The Bertz CT molecular complexity index is 1070. The normalized spacial score (nSPS) is 21.3. The van der Waals surface area contributed by atoms with E-state index in [9.17, 15) is 19.8 Å². The molecule has 1 aromatic heterocycles. The van der Waals surface area contributed by atoms with E-state index < -0.39 is 17.6 Å². The van der Waals surface area contributed by atoms with E-state index in [4.69, 9.17) is 0 Å². The first-order chi connectivity index (χ1) is 12.7. The third-order valence-corrected chi connectivity index (χ3v) is 4.98. The second kappa shape index (κ2) is 5.65. The molecular formula is C20H19N3O4. The number of rotatable bonds is 2. The van der Waals surface area contributed by atoms with Gasteiger partial charge < -0.3 is 15.5 Å². The zero-order chi connectivity index (χ0) is 19.5. The molecule has 0 saturated heterocycles. The second-order valence-corrected chi connectivity index (χ2v) is 7.07. The number of anilines is 2. The fourth-order valence-corrected chi connectivity index (χ4v) is 3.55. The van der Waals surface area contributed by atoms with Crippen LogP contribution in [0.3, 0.4) is 0 Å². The number of hydrogen-bond acceptors (Lipinski definition) is 5. The van der Waals surface area contributed by atoms with E-state index in [1.54, 1.807) is 18.2 Å². The van der Waals surface area contributed by atoms with Gasteiger partial charge in [0.15, 0.2) is 5.75 Å². The van der Waals surface area contributed by atoms with Gasteiger partial charge in [-0.2, -0.15) is 0 Å². The molecule has 3 heterocycles. The van der Waals surface area contributed by atoms with Crippen LogP contribution in [0.2, 0.25) is 0 Å². The van der Waals surface area contributed by atoms with Crippen molar-refractivity contribution >= 4 is 40.2 Å². The van der Waals surface area contributed by atoms with Crippen molar-refractivity contribution in [2.75, 3.05) is 10.2 Å². The van der Waals surface area contributed by atoms with Crippen LogP contribution >= 0.6 is 0 Å². The summed E-state index contributed by atoms with van der Waals surface area (Å²) in [6.45, 7) is 5.03. The van der Waals surface area contributed by atoms with E-state index in [-0.39, 0.29) is 17.3 Å². The molecule has 7 heteroatoms. The highest BCUT2D eigenvalue weighted by Gasteiger charge is 2.42. The van der Waals surface area contributed by atoms with Crippen molar-refractivity contribution in [3.05, 3.63) is 41.6 Å². The maximum Gasteiger partial charge on any atom is 0.253 e. The van der Waals surface area contributed by atoms with Crippen LogP contribution in [0.25, 0.3) is 17.0 Å². The number of amides is 2. The van der Waals surface area contributed by atoms with Crippen LogP contribution < -0.4 is 10.2 Å². The lowest BCUT2D eigenvalue weighted by Crippen LogP contribution is -2.44. The minimum absolute atomic E-state index is 0.125. The van der Waals surface area contributed by atoms with E-state index in [2.05, 4.69) is 10.3 Å². The number of phenols is 1. The smallest absolute Gasteiger partial charge is 0.253 e. The number of aromatic nitrogens is 1. The van der Waals surface area contributed by atoms with Gasteiger partial charge in [0.05, 0.1) is 22.4 Å². The predicted octanol–water partition coefficient (Wildman–Crippen LogP) is 2.26. The maximum absolute atomic E-state index is 12.5. The number of nitrogens with zero attached hydrogens (tertiary/aromatic N) is 2. The number of aliphatic hydroxyl groups excluding tert-OH is 1. The first-order valence-corrected chi connectivity index (χ1v) is 8.61. The van der Waals surface area contributed by atoms with Crippen LogP contribution in [0.15, 0.2) is 30.4 Å². The number of phenolic OH excluding ortho intramolecular Hbond substituents is 1. The van der Waals surface area contributed by atoms with Crippen molar-refractivity contribution in [1.29, 1.82) is 0 Å². The molecule has 1 aromatic carbocycles. The van der Waals surface area contributed by atoms with Crippen LogP contribution in [0.5, 0.6) is 5.75 Å². The van der Waals surface area contributed by atoms with Crippen LogP contribution in [0.4, 0.5) is 11.4 Å². The summed E-state index contributed by atoms with van der Waals surface area (Å²) in [7, 11) is 0. The number of nitrogens with one attached hydrogen (secondary N) is 1. The summed E-state index contributed by atoms with van der Waals surface area (Å²) >= 11 is 0. The van der Waals surface area contributed by atoms with E-state index >= 15 is 0 Å². The fourth-order valence-electron chi connectivity index (χ4n) is 3.55. The molecule has 0 unspecified atom stereocenters. The number of aromatic hydroxyl groups is 1. The minimum Gasteiger partial charge on any atom is -0.504 e. The molecule has 3 N–H and O–H groups in total. The zero-order valence-corrected chi connectivity index (χ0v) is 15.1. The van der Waals surface area contributed by atoms with Gasteiger partial charge in [-0.25, -0.2) is 0 Å². The Morgan fingerprint density at radius 1 is 1.30 bits per heavy atom. The van der Waals surface area contributed by atoms with Crippen LogP contribution in [0.1, 0.15) is 25.1 Å². The van der Waals surface area contributed by atoms with Gasteiger partial charge in [-0.15, -0.1) is 0 Å². The molecule has 0 bridgehead atoms. The van der Waals surface area contributed by atoms with Crippen molar-refractivity contribution in [3.8, 4) is 5.75 Å².